The Hall–Kier alpha value is -1.52. The zero-order valence-corrected chi connectivity index (χ0v) is 12.3. The molecule has 1 aliphatic heterocycles. The topological polar surface area (TPSA) is 39.3 Å². The molecule has 1 saturated heterocycles. The highest BCUT2D eigenvalue weighted by molar-refractivity contribution is 6.31. The van der Waals surface area contributed by atoms with Gasteiger partial charge < -0.3 is 14.8 Å². The Bertz CT molecular complexity index is 637. The first-order chi connectivity index (χ1) is 9.63. The number of amides is 1. The van der Waals surface area contributed by atoms with Crippen LogP contribution in [0.1, 0.15) is 16.9 Å². The molecule has 1 N–H and O–H groups in total. The first-order valence-electron chi connectivity index (χ1n) is 6.89. The summed E-state index contributed by atoms with van der Waals surface area (Å²) in [5, 5.41) is 1.69. The van der Waals surface area contributed by atoms with Crippen LogP contribution >= 0.6 is 11.6 Å². The van der Waals surface area contributed by atoms with E-state index in [0.29, 0.717) is 10.7 Å². The van der Waals surface area contributed by atoms with E-state index in [1.165, 1.54) is 0 Å². The van der Waals surface area contributed by atoms with Gasteiger partial charge in [-0.2, -0.15) is 0 Å². The van der Waals surface area contributed by atoms with Crippen LogP contribution in [0.4, 0.5) is 0 Å². The lowest BCUT2D eigenvalue weighted by molar-refractivity contribution is 0.0758. The van der Waals surface area contributed by atoms with E-state index in [0.717, 1.165) is 43.5 Å². The number of benzene rings is 1. The van der Waals surface area contributed by atoms with Gasteiger partial charge in [-0.05, 0) is 38.2 Å². The number of likely N-dealkylation sites (N-methyl/N-ethyl adjacent to an activating group) is 1. The Balaban J connectivity index is 1.84. The highest BCUT2D eigenvalue weighted by Gasteiger charge is 2.20. The molecular formula is C15H18ClN3O. The van der Waals surface area contributed by atoms with E-state index in [9.17, 15) is 4.79 Å². The molecule has 1 amide bonds. The minimum atomic E-state index is 0.0765. The van der Waals surface area contributed by atoms with Crippen LogP contribution in [-0.2, 0) is 0 Å². The van der Waals surface area contributed by atoms with Gasteiger partial charge in [0.25, 0.3) is 5.91 Å². The van der Waals surface area contributed by atoms with Crippen LogP contribution < -0.4 is 0 Å². The SMILES string of the molecule is CN1CCCN(C(=O)c2cc3ccc(Cl)cc3[nH]2)CC1. The molecule has 0 bridgehead atoms. The molecule has 0 unspecified atom stereocenters. The maximum atomic E-state index is 12.6. The van der Waals surface area contributed by atoms with Crippen molar-refractivity contribution in [2.75, 3.05) is 33.2 Å². The van der Waals surface area contributed by atoms with Crippen molar-refractivity contribution in [2.24, 2.45) is 0 Å². The smallest absolute Gasteiger partial charge is 0.270 e. The number of halogens is 1. The van der Waals surface area contributed by atoms with Gasteiger partial charge in [-0.25, -0.2) is 0 Å². The lowest BCUT2D eigenvalue weighted by atomic mass is 10.2. The molecule has 0 atom stereocenters. The number of hydrogen-bond acceptors (Lipinski definition) is 2. The predicted molar refractivity (Wildman–Crippen MR) is 81.3 cm³/mol. The van der Waals surface area contributed by atoms with Crippen LogP contribution in [0.2, 0.25) is 5.02 Å². The monoisotopic (exact) mass is 291 g/mol. The fourth-order valence-electron chi connectivity index (χ4n) is 2.63. The lowest BCUT2D eigenvalue weighted by Gasteiger charge is -2.19. The summed E-state index contributed by atoms with van der Waals surface area (Å²) in [6.45, 7) is 3.58. The van der Waals surface area contributed by atoms with Crippen LogP contribution in [0.3, 0.4) is 0 Å². The van der Waals surface area contributed by atoms with Gasteiger partial charge in [-0.1, -0.05) is 17.7 Å². The summed E-state index contributed by atoms with van der Waals surface area (Å²) in [6, 6.07) is 7.53. The molecule has 1 fully saturated rings. The third-order valence-electron chi connectivity index (χ3n) is 3.82. The van der Waals surface area contributed by atoms with Crippen LogP contribution in [-0.4, -0.2) is 53.9 Å². The number of carbonyl (C=O) groups excluding carboxylic acids is 1. The lowest BCUT2D eigenvalue weighted by Crippen LogP contribution is -2.34. The summed E-state index contributed by atoms with van der Waals surface area (Å²) < 4.78 is 0. The van der Waals surface area contributed by atoms with Crippen LogP contribution in [0.15, 0.2) is 24.3 Å². The van der Waals surface area contributed by atoms with E-state index in [2.05, 4.69) is 16.9 Å². The Morgan fingerprint density at radius 2 is 2.05 bits per heavy atom. The maximum absolute atomic E-state index is 12.6. The quantitative estimate of drug-likeness (QED) is 0.877. The van der Waals surface area contributed by atoms with Crippen molar-refractivity contribution in [3.8, 4) is 0 Å². The predicted octanol–water partition coefficient (Wildman–Crippen LogP) is 2.60. The summed E-state index contributed by atoms with van der Waals surface area (Å²) in [5.41, 5.74) is 1.56. The summed E-state index contributed by atoms with van der Waals surface area (Å²) in [6.07, 6.45) is 1.02. The van der Waals surface area contributed by atoms with Gasteiger partial charge in [-0.15, -0.1) is 0 Å². The number of hydrogen-bond donors (Lipinski definition) is 1. The fourth-order valence-corrected chi connectivity index (χ4v) is 2.81. The Morgan fingerprint density at radius 3 is 2.90 bits per heavy atom. The number of aromatic amines is 1. The van der Waals surface area contributed by atoms with Gasteiger partial charge in [0.15, 0.2) is 0 Å². The van der Waals surface area contributed by atoms with Crippen molar-refractivity contribution >= 4 is 28.4 Å². The van der Waals surface area contributed by atoms with Crippen LogP contribution in [0, 0.1) is 0 Å². The number of aromatic nitrogens is 1. The standard InChI is InChI=1S/C15H18ClN3O/c1-18-5-2-6-19(8-7-18)15(20)14-9-11-3-4-12(16)10-13(11)17-14/h3-4,9-10,17H,2,5-8H2,1H3. The van der Waals surface area contributed by atoms with Crippen molar-refractivity contribution in [2.45, 2.75) is 6.42 Å². The van der Waals surface area contributed by atoms with Gasteiger partial charge in [0.05, 0.1) is 0 Å². The zero-order chi connectivity index (χ0) is 14.1. The molecule has 1 aliphatic rings. The normalized spacial score (nSPS) is 17.4. The second kappa shape index (κ2) is 5.46. The molecule has 1 aromatic heterocycles. The Kier molecular flexibility index (Phi) is 3.68. The minimum absolute atomic E-state index is 0.0765. The van der Waals surface area contributed by atoms with Gasteiger partial charge in [0, 0.05) is 35.6 Å². The largest absolute Gasteiger partial charge is 0.350 e. The molecule has 3 rings (SSSR count). The Labute approximate surface area is 123 Å². The number of nitrogens with one attached hydrogen (secondary N) is 1. The van der Waals surface area contributed by atoms with E-state index in [1.54, 1.807) is 0 Å². The van der Waals surface area contributed by atoms with Crippen molar-refractivity contribution in [1.82, 2.24) is 14.8 Å². The van der Waals surface area contributed by atoms with Gasteiger partial charge in [0.2, 0.25) is 0 Å². The molecule has 2 aromatic rings. The Morgan fingerprint density at radius 1 is 1.20 bits per heavy atom. The number of H-pyrrole nitrogens is 1. The third-order valence-corrected chi connectivity index (χ3v) is 4.06. The second-order valence-electron chi connectivity index (χ2n) is 5.36. The molecule has 5 heteroatoms. The molecule has 2 heterocycles. The number of fused-ring (bicyclic) bond motifs is 1. The fraction of sp³-hybridized carbons (Fsp3) is 0.400. The molecule has 4 nitrogen and oxygen atoms in total. The molecule has 20 heavy (non-hydrogen) atoms. The molecular weight excluding hydrogens is 274 g/mol. The summed E-state index contributed by atoms with van der Waals surface area (Å²) in [5.74, 6) is 0.0765. The number of rotatable bonds is 1. The highest BCUT2D eigenvalue weighted by atomic mass is 35.5. The molecule has 0 spiro atoms. The average Bonchev–Trinajstić information content (AvgIpc) is 2.72. The van der Waals surface area contributed by atoms with Gasteiger partial charge >= 0.3 is 0 Å². The van der Waals surface area contributed by atoms with E-state index >= 15 is 0 Å². The zero-order valence-electron chi connectivity index (χ0n) is 11.5. The third kappa shape index (κ3) is 2.67. The number of carbonyl (C=O) groups is 1. The van der Waals surface area contributed by atoms with E-state index in [-0.39, 0.29) is 5.91 Å². The van der Waals surface area contributed by atoms with Crippen LogP contribution in [0.25, 0.3) is 10.9 Å². The van der Waals surface area contributed by atoms with E-state index in [4.69, 9.17) is 11.6 Å². The molecule has 106 valence electrons. The molecule has 0 aliphatic carbocycles. The first-order valence-corrected chi connectivity index (χ1v) is 7.27. The van der Waals surface area contributed by atoms with Crippen molar-refractivity contribution in [3.63, 3.8) is 0 Å². The minimum Gasteiger partial charge on any atom is -0.350 e. The summed E-state index contributed by atoms with van der Waals surface area (Å²) >= 11 is 5.97. The van der Waals surface area contributed by atoms with Crippen LogP contribution in [0.5, 0.6) is 0 Å². The van der Waals surface area contributed by atoms with Gasteiger partial charge in [0.1, 0.15) is 5.69 Å². The highest BCUT2D eigenvalue weighted by Crippen LogP contribution is 2.21. The summed E-state index contributed by atoms with van der Waals surface area (Å²) in [4.78, 5) is 19.9. The summed E-state index contributed by atoms with van der Waals surface area (Å²) in [7, 11) is 2.10. The van der Waals surface area contributed by atoms with Crippen molar-refractivity contribution in [1.29, 1.82) is 0 Å². The molecule has 0 saturated carbocycles. The van der Waals surface area contributed by atoms with Crippen molar-refractivity contribution < 1.29 is 4.79 Å². The second-order valence-corrected chi connectivity index (χ2v) is 5.80. The van der Waals surface area contributed by atoms with E-state index < -0.39 is 0 Å². The maximum Gasteiger partial charge on any atom is 0.270 e. The van der Waals surface area contributed by atoms with Gasteiger partial charge in [-0.3, -0.25) is 4.79 Å². The van der Waals surface area contributed by atoms with E-state index in [1.807, 2.05) is 29.2 Å². The van der Waals surface area contributed by atoms with Crippen molar-refractivity contribution in [3.05, 3.63) is 35.0 Å². The number of nitrogens with zero attached hydrogens (tertiary/aromatic N) is 2. The first kappa shape index (κ1) is 13.5. The molecule has 0 radical (unpaired) electrons. The average molecular weight is 292 g/mol. The molecule has 1 aromatic carbocycles.